The van der Waals surface area contributed by atoms with Crippen LogP contribution in [0.2, 0.25) is 0 Å². The molecular weight excluding hydrogens is 280 g/mol. The molecule has 2 aromatic rings. The van der Waals surface area contributed by atoms with Crippen LogP contribution in [-0.4, -0.2) is 24.0 Å². The Kier molecular flexibility index (Phi) is 2.47. The van der Waals surface area contributed by atoms with Crippen molar-refractivity contribution in [3.05, 3.63) is 59.7 Å². The number of fused-ring (bicyclic) bond motifs is 2. The molecule has 0 spiro atoms. The van der Waals surface area contributed by atoms with Gasteiger partial charge in [-0.1, -0.05) is 36.4 Å². The zero-order valence-corrected chi connectivity index (χ0v) is 11.9. The van der Waals surface area contributed by atoms with Crippen molar-refractivity contribution in [2.24, 2.45) is 0 Å². The predicted octanol–water partition coefficient (Wildman–Crippen LogP) is 1.59. The van der Waals surface area contributed by atoms with Crippen LogP contribution in [0.3, 0.4) is 0 Å². The van der Waals surface area contributed by atoms with Gasteiger partial charge in [0, 0.05) is 18.3 Å². The Morgan fingerprint density at radius 3 is 2.59 bits per heavy atom. The van der Waals surface area contributed by atoms with Gasteiger partial charge in [-0.05, 0) is 17.7 Å². The molecule has 2 aliphatic rings. The molecule has 2 N–H and O–H groups in total. The van der Waals surface area contributed by atoms with E-state index < -0.39 is 17.4 Å². The number of nitrogens with one attached hydrogen (secondary N) is 1. The van der Waals surface area contributed by atoms with E-state index in [0.29, 0.717) is 22.5 Å². The van der Waals surface area contributed by atoms with Crippen LogP contribution in [0, 0.1) is 0 Å². The van der Waals surface area contributed by atoms with Crippen molar-refractivity contribution < 1.29 is 14.7 Å². The minimum absolute atomic E-state index is 0.359. The van der Waals surface area contributed by atoms with Crippen LogP contribution in [0.4, 0.5) is 11.4 Å². The third-order valence-electron chi connectivity index (χ3n) is 4.52. The number of hydrogen-bond acceptors (Lipinski definition) is 3. The lowest BCUT2D eigenvalue weighted by atomic mass is 9.78. The summed E-state index contributed by atoms with van der Waals surface area (Å²) in [4.78, 5) is 26.6. The number of rotatable bonds is 1. The van der Waals surface area contributed by atoms with Gasteiger partial charge in [0.15, 0.2) is 5.60 Å². The van der Waals surface area contributed by atoms with E-state index >= 15 is 0 Å². The molecule has 0 saturated heterocycles. The van der Waals surface area contributed by atoms with Gasteiger partial charge in [-0.25, -0.2) is 0 Å². The monoisotopic (exact) mass is 294 g/mol. The number of nitrogens with zero attached hydrogens (tertiary/aromatic N) is 1. The second-order valence-electron chi connectivity index (χ2n) is 5.66. The number of hydrogen-bond donors (Lipinski definition) is 2. The molecule has 2 heterocycles. The Bertz CT molecular complexity index is 817. The van der Waals surface area contributed by atoms with E-state index in [0.717, 1.165) is 0 Å². The van der Waals surface area contributed by atoms with Gasteiger partial charge in [-0.2, -0.15) is 0 Å². The Balaban J connectivity index is 1.96. The van der Waals surface area contributed by atoms with Crippen molar-refractivity contribution >= 4 is 23.2 Å². The van der Waals surface area contributed by atoms with E-state index in [-0.39, 0.29) is 5.91 Å². The highest BCUT2D eigenvalue weighted by atomic mass is 16.3. The van der Waals surface area contributed by atoms with Crippen LogP contribution in [-0.2, 0) is 15.2 Å². The lowest BCUT2D eigenvalue weighted by Crippen LogP contribution is -2.45. The topological polar surface area (TPSA) is 69.6 Å². The minimum atomic E-state index is -1.87. The van der Waals surface area contributed by atoms with E-state index in [9.17, 15) is 14.7 Å². The second kappa shape index (κ2) is 4.18. The number of benzene rings is 2. The second-order valence-corrected chi connectivity index (χ2v) is 5.66. The smallest absolute Gasteiger partial charge is 0.264 e. The highest BCUT2D eigenvalue weighted by Crippen LogP contribution is 2.51. The molecule has 5 heteroatoms. The first-order chi connectivity index (χ1) is 10.5. The summed E-state index contributed by atoms with van der Waals surface area (Å²) in [7, 11) is 1.61. The Morgan fingerprint density at radius 2 is 1.77 bits per heavy atom. The maximum absolute atomic E-state index is 12.7. The van der Waals surface area contributed by atoms with Crippen molar-refractivity contribution in [3.8, 4) is 0 Å². The average molecular weight is 294 g/mol. The molecule has 0 saturated carbocycles. The molecule has 110 valence electrons. The molecule has 2 aliphatic heterocycles. The first kappa shape index (κ1) is 13.0. The molecule has 0 bridgehead atoms. The van der Waals surface area contributed by atoms with Gasteiger partial charge < -0.3 is 15.3 Å². The van der Waals surface area contributed by atoms with Crippen LogP contribution in [0.15, 0.2) is 48.5 Å². The molecule has 4 rings (SSSR count). The molecule has 2 amide bonds. The van der Waals surface area contributed by atoms with Crippen LogP contribution in [0.5, 0.6) is 0 Å². The van der Waals surface area contributed by atoms with Gasteiger partial charge in [0.1, 0.15) is 5.92 Å². The number of aliphatic hydroxyl groups is 1. The number of para-hydroxylation sites is 2. The van der Waals surface area contributed by atoms with Crippen LogP contribution >= 0.6 is 0 Å². The van der Waals surface area contributed by atoms with Crippen molar-refractivity contribution in [3.63, 3.8) is 0 Å². The molecule has 5 nitrogen and oxygen atoms in total. The van der Waals surface area contributed by atoms with E-state index in [4.69, 9.17) is 0 Å². The fourth-order valence-corrected chi connectivity index (χ4v) is 3.47. The highest BCUT2D eigenvalue weighted by molar-refractivity contribution is 6.14. The molecule has 0 unspecified atom stereocenters. The van der Waals surface area contributed by atoms with Gasteiger partial charge in [0.2, 0.25) is 5.91 Å². The Labute approximate surface area is 127 Å². The van der Waals surface area contributed by atoms with Crippen molar-refractivity contribution in [2.45, 2.75) is 11.5 Å². The van der Waals surface area contributed by atoms with Gasteiger partial charge in [0.25, 0.3) is 5.91 Å². The lowest BCUT2D eigenvalue weighted by molar-refractivity contribution is -0.143. The summed E-state index contributed by atoms with van der Waals surface area (Å²) < 4.78 is 0. The van der Waals surface area contributed by atoms with E-state index in [2.05, 4.69) is 5.32 Å². The molecule has 2 aromatic carbocycles. The maximum atomic E-state index is 12.7. The van der Waals surface area contributed by atoms with Crippen LogP contribution in [0.25, 0.3) is 0 Å². The zero-order valence-electron chi connectivity index (χ0n) is 11.9. The van der Waals surface area contributed by atoms with E-state index in [1.807, 2.05) is 6.07 Å². The number of anilines is 2. The molecule has 0 radical (unpaired) electrons. The third-order valence-corrected chi connectivity index (χ3v) is 4.52. The summed E-state index contributed by atoms with van der Waals surface area (Å²) in [6, 6.07) is 14.2. The van der Waals surface area contributed by atoms with Gasteiger partial charge in [-0.15, -0.1) is 0 Å². The minimum Gasteiger partial charge on any atom is -0.374 e. The molecule has 0 aliphatic carbocycles. The summed E-state index contributed by atoms with van der Waals surface area (Å²) in [5.74, 6) is -1.78. The quantitative estimate of drug-likeness (QED) is 0.839. The Morgan fingerprint density at radius 1 is 1.09 bits per heavy atom. The standard InChI is InChI=1S/C17H14N2O3/c1-19-13-9-5-3-7-11(13)17(22,16(19)21)14-10-6-2-4-8-12(10)18-15(14)20/h2-9,14,22H,1H3,(H,18,20)/t14-,17+/m1/s1. The maximum Gasteiger partial charge on any atom is 0.264 e. The fourth-order valence-electron chi connectivity index (χ4n) is 3.47. The molecule has 0 aromatic heterocycles. The van der Waals surface area contributed by atoms with Crippen molar-refractivity contribution in [1.29, 1.82) is 0 Å². The van der Waals surface area contributed by atoms with Crippen molar-refractivity contribution in [2.75, 3.05) is 17.3 Å². The molecular formula is C17H14N2O3. The van der Waals surface area contributed by atoms with Crippen molar-refractivity contribution in [1.82, 2.24) is 0 Å². The third kappa shape index (κ3) is 1.41. The largest absolute Gasteiger partial charge is 0.374 e. The lowest BCUT2D eigenvalue weighted by Gasteiger charge is -2.27. The summed E-state index contributed by atoms with van der Waals surface area (Å²) >= 11 is 0. The van der Waals surface area contributed by atoms with E-state index in [1.165, 1.54) is 4.90 Å². The fraction of sp³-hybridized carbons (Fsp3) is 0.176. The average Bonchev–Trinajstić information content (AvgIpc) is 2.97. The van der Waals surface area contributed by atoms with E-state index in [1.54, 1.807) is 49.5 Å². The van der Waals surface area contributed by atoms with Gasteiger partial charge >= 0.3 is 0 Å². The van der Waals surface area contributed by atoms with Crippen LogP contribution < -0.4 is 10.2 Å². The molecule has 0 fully saturated rings. The first-order valence-electron chi connectivity index (χ1n) is 7.05. The number of likely N-dealkylation sites (N-methyl/N-ethyl adjacent to an activating group) is 1. The summed E-state index contributed by atoms with van der Waals surface area (Å²) in [5.41, 5.74) is 0.521. The zero-order chi connectivity index (χ0) is 15.5. The van der Waals surface area contributed by atoms with Gasteiger partial charge in [-0.3, -0.25) is 9.59 Å². The molecule has 2 atom stereocenters. The van der Waals surface area contributed by atoms with Gasteiger partial charge in [0.05, 0.1) is 5.69 Å². The number of carbonyl (C=O) groups is 2. The SMILES string of the molecule is CN1C(=O)[C@@](O)([C@H]2C(=O)Nc3ccccc32)c2ccccc21. The summed E-state index contributed by atoms with van der Waals surface area (Å²) in [6.07, 6.45) is 0. The molecule has 22 heavy (non-hydrogen) atoms. The summed E-state index contributed by atoms with van der Waals surface area (Å²) in [5, 5.41) is 14.0. The summed E-state index contributed by atoms with van der Waals surface area (Å²) in [6.45, 7) is 0. The first-order valence-corrected chi connectivity index (χ1v) is 7.05. The predicted molar refractivity (Wildman–Crippen MR) is 81.6 cm³/mol. The normalized spacial score (nSPS) is 25.9. The number of amides is 2. The Hall–Kier alpha value is -2.66. The highest BCUT2D eigenvalue weighted by Gasteiger charge is 2.58. The number of carbonyl (C=O) groups excluding carboxylic acids is 2. The van der Waals surface area contributed by atoms with Crippen LogP contribution in [0.1, 0.15) is 17.0 Å².